The van der Waals surface area contributed by atoms with Crippen LogP contribution in [0.15, 0.2) is 6.07 Å². The van der Waals surface area contributed by atoms with Crippen molar-refractivity contribution in [1.29, 1.82) is 0 Å². The predicted octanol–water partition coefficient (Wildman–Crippen LogP) is 0.316. The van der Waals surface area contributed by atoms with E-state index < -0.39 is 17.5 Å². The van der Waals surface area contributed by atoms with E-state index in [2.05, 4.69) is 10.4 Å². The number of alkyl halides is 3. The van der Waals surface area contributed by atoms with Gasteiger partial charge in [-0.2, -0.15) is 18.3 Å². The Morgan fingerprint density at radius 1 is 1.56 bits per heavy atom. The number of aliphatic hydroxyl groups is 1. The smallest absolute Gasteiger partial charge is 0.387 e. The van der Waals surface area contributed by atoms with Gasteiger partial charge in [-0.15, -0.1) is 0 Å². The summed E-state index contributed by atoms with van der Waals surface area (Å²) in [4.78, 5) is 0. The minimum Gasteiger partial charge on any atom is -0.387 e. The summed E-state index contributed by atoms with van der Waals surface area (Å²) in [5.74, 6) is 0. The van der Waals surface area contributed by atoms with Gasteiger partial charge >= 0.3 is 6.18 Å². The van der Waals surface area contributed by atoms with Crippen LogP contribution in [-0.2, 0) is 19.6 Å². The number of nitrogens with one attached hydrogen (secondary N) is 1. The monoisotopic (exact) mass is 235 g/mol. The fourth-order valence-electron chi connectivity index (χ4n) is 1.69. The molecule has 90 valence electrons. The van der Waals surface area contributed by atoms with E-state index in [0.717, 1.165) is 6.07 Å². The Hall–Kier alpha value is -1.08. The number of rotatable bonds is 2. The van der Waals surface area contributed by atoms with E-state index in [1.165, 1.54) is 11.7 Å². The molecule has 1 aromatic rings. The average Bonchev–Trinajstić information content (AvgIpc) is 2.44. The highest BCUT2D eigenvalue weighted by Gasteiger charge is 2.38. The fourth-order valence-corrected chi connectivity index (χ4v) is 1.69. The second-order valence-electron chi connectivity index (χ2n) is 4.15. The molecule has 2 N–H and O–H groups in total. The van der Waals surface area contributed by atoms with Crippen molar-refractivity contribution in [1.82, 2.24) is 15.1 Å². The normalized spacial score (nSPS) is 19.6. The van der Waals surface area contributed by atoms with Crippen LogP contribution in [-0.4, -0.2) is 33.6 Å². The zero-order chi connectivity index (χ0) is 12.0. The van der Waals surface area contributed by atoms with Crippen molar-refractivity contribution in [2.24, 2.45) is 7.05 Å². The zero-order valence-electron chi connectivity index (χ0n) is 8.67. The Balaban J connectivity index is 2.19. The highest BCUT2D eigenvalue weighted by molar-refractivity contribution is 5.16. The van der Waals surface area contributed by atoms with Gasteiger partial charge in [-0.1, -0.05) is 0 Å². The molecule has 1 saturated heterocycles. The molecule has 0 spiro atoms. The first-order chi connectivity index (χ1) is 7.30. The van der Waals surface area contributed by atoms with E-state index in [1.807, 2.05) is 0 Å². The van der Waals surface area contributed by atoms with Crippen LogP contribution in [0.3, 0.4) is 0 Å². The summed E-state index contributed by atoms with van der Waals surface area (Å²) in [7, 11) is 1.44. The Bertz CT molecular complexity index is 395. The molecular weight excluding hydrogens is 223 g/mol. The molecule has 2 heterocycles. The number of hydrogen-bond donors (Lipinski definition) is 2. The maximum absolute atomic E-state index is 12.4. The van der Waals surface area contributed by atoms with Crippen LogP contribution in [0.5, 0.6) is 0 Å². The molecule has 0 aliphatic carbocycles. The summed E-state index contributed by atoms with van der Waals surface area (Å²) >= 11 is 0. The second-order valence-corrected chi connectivity index (χ2v) is 4.15. The predicted molar refractivity (Wildman–Crippen MR) is 49.7 cm³/mol. The van der Waals surface area contributed by atoms with E-state index in [9.17, 15) is 18.3 Å². The van der Waals surface area contributed by atoms with Crippen molar-refractivity contribution in [2.75, 3.05) is 13.1 Å². The highest BCUT2D eigenvalue weighted by Crippen LogP contribution is 2.29. The first-order valence-electron chi connectivity index (χ1n) is 4.83. The van der Waals surface area contributed by atoms with Crippen LogP contribution in [0, 0.1) is 0 Å². The van der Waals surface area contributed by atoms with Crippen LogP contribution in [0.2, 0.25) is 0 Å². The second kappa shape index (κ2) is 3.46. The molecular formula is C9H12F3N3O. The molecule has 4 nitrogen and oxygen atoms in total. The van der Waals surface area contributed by atoms with Crippen molar-refractivity contribution >= 4 is 0 Å². The number of halogens is 3. The molecule has 0 amide bonds. The van der Waals surface area contributed by atoms with Crippen LogP contribution < -0.4 is 5.32 Å². The first kappa shape index (κ1) is 11.4. The van der Waals surface area contributed by atoms with Gasteiger partial charge in [0.1, 0.15) is 0 Å². The molecule has 1 fully saturated rings. The number of β-amino-alcohol motifs (C(OH)–C–C–N with tert-alkyl or cyclic N) is 1. The van der Waals surface area contributed by atoms with Crippen molar-refractivity contribution in [2.45, 2.75) is 18.2 Å². The van der Waals surface area contributed by atoms with Gasteiger partial charge in [0.25, 0.3) is 0 Å². The zero-order valence-corrected chi connectivity index (χ0v) is 8.67. The maximum atomic E-state index is 12.4. The summed E-state index contributed by atoms with van der Waals surface area (Å²) in [5, 5.41) is 16.1. The van der Waals surface area contributed by atoms with E-state index in [1.54, 1.807) is 0 Å². The van der Waals surface area contributed by atoms with Gasteiger partial charge in [0.05, 0.1) is 5.60 Å². The Morgan fingerprint density at radius 2 is 2.19 bits per heavy atom. The number of aromatic nitrogens is 2. The Labute approximate surface area is 90.1 Å². The van der Waals surface area contributed by atoms with Crippen LogP contribution in [0.25, 0.3) is 0 Å². The van der Waals surface area contributed by atoms with Crippen molar-refractivity contribution < 1.29 is 18.3 Å². The maximum Gasteiger partial charge on any atom is 0.435 e. The summed E-state index contributed by atoms with van der Waals surface area (Å²) in [6.07, 6.45) is -4.25. The van der Waals surface area contributed by atoms with E-state index >= 15 is 0 Å². The molecule has 2 rings (SSSR count). The van der Waals surface area contributed by atoms with Gasteiger partial charge in [-0.25, -0.2) is 0 Å². The fraction of sp³-hybridized carbons (Fsp3) is 0.667. The number of aryl methyl sites for hydroxylation is 1. The minimum atomic E-state index is -4.43. The molecule has 1 aliphatic rings. The third-order valence-electron chi connectivity index (χ3n) is 2.69. The molecule has 0 bridgehead atoms. The molecule has 16 heavy (non-hydrogen) atoms. The number of hydrogen-bond acceptors (Lipinski definition) is 3. The van der Waals surface area contributed by atoms with Gasteiger partial charge in [-0.05, 0) is 6.07 Å². The lowest BCUT2D eigenvalue weighted by Crippen LogP contribution is -2.60. The van der Waals surface area contributed by atoms with Crippen molar-refractivity contribution in [3.8, 4) is 0 Å². The third-order valence-corrected chi connectivity index (χ3v) is 2.69. The molecule has 0 atom stereocenters. The van der Waals surface area contributed by atoms with Crippen molar-refractivity contribution in [3.63, 3.8) is 0 Å². The SMILES string of the molecule is Cn1nc(C(F)(F)F)cc1CC1(O)CNC1. The topological polar surface area (TPSA) is 50.1 Å². The van der Waals surface area contributed by atoms with Gasteiger partial charge in [0, 0.05) is 32.3 Å². The van der Waals surface area contributed by atoms with Crippen LogP contribution in [0.1, 0.15) is 11.4 Å². The molecule has 0 saturated carbocycles. The molecule has 0 aromatic carbocycles. The van der Waals surface area contributed by atoms with Gasteiger partial charge in [0.15, 0.2) is 5.69 Å². The largest absolute Gasteiger partial charge is 0.435 e. The lowest BCUT2D eigenvalue weighted by Gasteiger charge is -2.37. The summed E-state index contributed by atoms with van der Waals surface area (Å²) in [6.45, 7) is 0.805. The third kappa shape index (κ3) is 2.05. The quantitative estimate of drug-likeness (QED) is 0.776. The molecule has 1 aromatic heterocycles. The number of nitrogens with zero attached hydrogens (tertiary/aromatic N) is 2. The lowest BCUT2D eigenvalue weighted by atomic mass is 9.91. The van der Waals surface area contributed by atoms with Gasteiger partial charge in [0.2, 0.25) is 0 Å². The average molecular weight is 235 g/mol. The minimum absolute atomic E-state index is 0.180. The van der Waals surface area contributed by atoms with E-state index in [-0.39, 0.29) is 6.42 Å². The standard InChI is InChI=1S/C9H12F3N3O/c1-15-6(3-8(16)4-13-5-8)2-7(14-15)9(10,11)12/h2,13,16H,3-5H2,1H3. The summed E-state index contributed by atoms with van der Waals surface area (Å²) < 4.78 is 38.2. The van der Waals surface area contributed by atoms with Gasteiger partial charge in [-0.3, -0.25) is 4.68 Å². The van der Waals surface area contributed by atoms with Crippen LogP contribution >= 0.6 is 0 Å². The first-order valence-corrected chi connectivity index (χ1v) is 4.83. The van der Waals surface area contributed by atoms with Crippen molar-refractivity contribution in [3.05, 3.63) is 17.5 Å². The Morgan fingerprint density at radius 3 is 2.56 bits per heavy atom. The molecule has 0 unspecified atom stereocenters. The highest BCUT2D eigenvalue weighted by atomic mass is 19.4. The summed E-state index contributed by atoms with van der Waals surface area (Å²) in [6, 6.07) is 0.982. The van der Waals surface area contributed by atoms with Crippen LogP contribution in [0.4, 0.5) is 13.2 Å². The molecule has 0 radical (unpaired) electrons. The van der Waals surface area contributed by atoms with E-state index in [0.29, 0.717) is 18.8 Å². The van der Waals surface area contributed by atoms with E-state index in [4.69, 9.17) is 0 Å². The lowest BCUT2D eigenvalue weighted by molar-refractivity contribution is -0.141. The van der Waals surface area contributed by atoms with Gasteiger partial charge < -0.3 is 10.4 Å². The molecule has 7 heteroatoms. The Kier molecular flexibility index (Phi) is 2.47. The summed E-state index contributed by atoms with van der Waals surface area (Å²) in [5.41, 5.74) is -1.46. The molecule has 1 aliphatic heterocycles.